The van der Waals surface area contributed by atoms with Gasteiger partial charge in [-0.3, -0.25) is 0 Å². The molecule has 0 radical (unpaired) electrons. The normalized spacial score (nSPS) is 10.9. The highest BCUT2D eigenvalue weighted by Crippen LogP contribution is 2.26. The molecular formula is C17H23N3S. The Hall–Kier alpha value is -1.55. The summed E-state index contributed by atoms with van der Waals surface area (Å²) in [5, 5.41) is 3.18. The summed E-state index contributed by atoms with van der Waals surface area (Å²) in [6.07, 6.45) is 0. The molecule has 21 heavy (non-hydrogen) atoms. The second-order valence-corrected chi connectivity index (χ2v) is 6.52. The van der Waals surface area contributed by atoms with Crippen LogP contribution in [0, 0.1) is 12.8 Å². The van der Waals surface area contributed by atoms with Gasteiger partial charge in [-0.2, -0.15) is 11.8 Å². The summed E-state index contributed by atoms with van der Waals surface area (Å²) in [7, 11) is 1.91. The molecule has 0 saturated carbocycles. The van der Waals surface area contributed by atoms with E-state index in [-0.39, 0.29) is 0 Å². The molecule has 0 fully saturated rings. The number of hydrogen-bond donors (Lipinski definition) is 1. The van der Waals surface area contributed by atoms with Gasteiger partial charge in [-0.25, -0.2) is 9.97 Å². The minimum Gasteiger partial charge on any atom is -0.373 e. The van der Waals surface area contributed by atoms with Gasteiger partial charge in [0, 0.05) is 18.2 Å². The highest BCUT2D eigenvalue weighted by Gasteiger charge is 2.11. The lowest BCUT2D eigenvalue weighted by Gasteiger charge is -2.12. The number of hydrogen-bond acceptors (Lipinski definition) is 4. The van der Waals surface area contributed by atoms with Crippen molar-refractivity contribution < 1.29 is 0 Å². The van der Waals surface area contributed by atoms with Crippen LogP contribution in [0.3, 0.4) is 0 Å². The third-order valence-corrected chi connectivity index (χ3v) is 4.52. The van der Waals surface area contributed by atoms with Crippen molar-refractivity contribution in [3.05, 3.63) is 41.7 Å². The average Bonchev–Trinajstić information content (AvgIpc) is 2.49. The Kier molecular flexibility index (Phi) is 5.62. The summed E-state index contributed by atoms with van der Waals surface area (Å²) in [4.78, 5) is 9.41. The molecule has 1 aromatic heterocycles. The van der Waals surface area contributed by atoms with Crippen LogP contribution in [0.15, 0.2) is 30.3 Å². The Balaban J connectivity index is 2.31. The number of nitrogens with one attached hydrogen (secondary N) is 1. The number of rotatable bonds is 6. The van der Waals surface area contributed by atoms with E-state index in [9.17, 15) is 0 Å². The molecule has 2 aromatic rings. The Bertz CT molecular complexity index is 582. The number of nitrogens with zero attached hydrogens (tertiary/aromatic N) is 2. The van der Waals surface area contributed by atoms with Crippen LogP contribution in [-0.4, -0.2) is 22.8 Å². The van der Waals surface area contributed by atoms with Crippen molar-refractivity contribution in [2.75, 3.05) is 18.1 Å². The molecule has 3 nitrogen and oxygen atoms in total. The van der Waals surface area contributed by atoms with Crippen LogP contribution in [0.1, 0.15) is 25.2 Å². The molecule has 0 aliphatic rings. The van der Waals surface area contributed by atoms with Crippen LogP contribution >= 0.6 is 11.8 Å². The number of anilines is 1. The molecule has 0 bridgehead atoms. The van der Waals surface area contributed by atoms with Crippen molar-refractivity contribution in [1.82, 2.24) is 9.97 Å². The van der Waals surface area contributed by atoms with Crippen LogP contribution in [0.2, 0.25) is 0 Å². The minimum atomic E-state index is 0.692. The van der Waals surface area contributed by atoms with E-state index in [1.54, 1.807) is 0 Å². The van der Waals surface area contributed by atoms with E-state index in [0.29, 0.717) is 5.92 Å². The molecule has 0 amide bonds. The third kappa shape index (κ3) is 4.21. The largest absolute Gasteiger partial charge is 0.373 e. The second kappa shape index (κ2) is 7.46. The van der Waals surface area contributed by atoms with E-state index >= 15 is 0 Å². The van der Waals surface area contributed by atoms with Crippen molar-refractivity contribution in [1.29, 1.82) is 0 Å². The summed E-state index contributed by atoms with van der Waals surface area (Å²) in [5.41, 5.74) is 3.26. The summed E-state index contributed by atoms with van der Waals surface area (Å²) in [6.45, 7) is 6.54. The van der Waals surface area contributed by atoms with Gasteiger partial charge in [0.1, 0.15) is 11.6 Å². The van der Waals surface area contributed by atoms with Crippen molar-refractivity contribution in [3.63, 3.8) is 0 Å². The van der Waals surface area contributed by atoms with Gasteiger partial charge in [-0.05, 0) is 18.6 Å². The Labute approximate surface area is 131 Å². The highest BCUT2D eigenvalue weighted by atomic mass is 32.2. The first-order valence-electron chi connectivity index (χ1n) is 7.30. The topological polar surface area (TPSA) is 37.8 Å². The molecule has 1 N–H and O–H groups in total. The zero-order valence-electron chi connectivity index (χ0n) is 13.2. The first-order chi connectivity index (χ1) is 10.1. The molecule has 4 heteroatoms. The molecule has 0 unspecified atom stereocenters. The lowest BCUT2D eigenvalue weighted by atomic mass is 10.1. The van der Waals surface area contributed by atoms with Crippen molar-refractivity contribution in [2.24, 2.45) is 5.92 Å². The summed E-state index contributed by atoms with van der Waals surface area (Å²) in [5.74, 6) is 4.50. The lowest BCUT2D eigenvalue weighted by Crippen LogP contribution is -2.05. The molecule has 0 atom stereocenters. The highest BCUT2D eigenvalue weighted by molar-refractivity contribution is 7.98. The van der Waals surface area contributed by atoms with E-state index in [0.717, 1.165) is 40.0 Å². The quantitative estimate of drug-likeness (QED) is 0.859. The zero-order chi connectivity index (χ0) is 15.2. The Morgan fingerprint density at radius 2 is 1.86 bits per heavy atom. The smallest absolute Gasteiger partial charge is 0.141 e. The fourth-order valence-electron chi connectivity index (χ4n) is 2.13. The van der Waals surface area contributed by atoms with E-state index in [4.69, 9.17) is 4.98 Å². The number of benzene rings is 1. The SMILES string of the molecule is CNc1nc(CSCC(C)C)nc(-c2ccccc2)c1C. The molecule has 0 saturated heterocycles. The summed E-state index contributed by atoms with van der Waals surface area (Å²) < 4.78 is 0. The van der Waals surface area contributed by atoms with E-state index in [2.05, 4.69) is 43.2 Å². The standard InChI is InChI=1S/C17H23N3S/c1-12(2)10-21-11-15-19-16(13(3)17(18-4)20-15)14-8-6-5-7-9-14/h5-9,12H,10-11H2,1-4H3,(H,18,19,20). The molecular weight excluding hydrogens is 278 g/mol. The number of aromatic nitrogens is 2. The van der Waals surface area contributed by atoms with Crippen LogP contribution in [-0.2, 0) is 5.75 Å². The summed E-state index contributed by atoms with van der Waals surface area (Å²) >= 11 is 1.89. The maximum atomic E-state index is 4.78. The van der Waals surface area contributed by atoms with Gasteiger partial charge in [-0.1, -0.05) is 44.2 Å². The van der Waals surface area contributed by atoms with Gasteiger partial charge in [-0.15, -0.1) is 0 Å². The molecule has 0 aliphatic carbocycles. The fourth-order valence-corrected chi connectivity index (χ4v) is 3.03. The first kappa shape index (κ1) is 15.8. The fraction of sp³-hybridized carbons (Fsp3) is 0.412. The minimum absolute atomic E-state index is 0.692. The molecule has 112 valence electrons. The zero-order valence-corrected chi connectivity index (χ0v) is 14.0. The predicted molar refractivity (Wildman–Crippen MR) is 92.8 cm³/mol. The number of thioether (sulfide) groups is 1. The monoisotopic (exact) mass is 301 g/mol. The van der Waals surface area contributed by atoms with Crippen LogP contribution < -0.4 is 5.32 Å². The van der Waals surface area contributed by atoms with Crippen LogP contribution in [0.25, 0.3) is 11.3 Å². The van der Waals surface area contributed by atoms with Crippen LogP contribution in [0.4, 0.5) is 5.82 Å². The van der Waals surface area contributed by atoms with Crippen LogP contribution in [0.5, 0.6) is 0 Å². The summed E-state index contributed by atoms with van der Waals surface area (Å²) in [6, 6.07) is 10.3. The molecule has 1 heterocycles. The average molecular weight is 301 g/mol. The van der Waals surface area contributed by atoms with Gasteiger partial charge in [0.25, 0.3) is 0 Å². The lowest BCUT2D eigenvalue weighted by molar-refractivity contribution is 0.750. The maximum absolute atomic E-state index is 4.78. The maximum Gasteiger partial charge on any atom is 0.141 e. The van der Waals surface area contributed by atoms with Gasteiger partial charge < -0.3 is 5.32 Å². The van der Waals surface area contributed by atoms with Gasteiger partial charge in [0.05, 0.1) is 11.4 Å². The van der Waals surface area contributed by atoms with Gasteiger partial charge in [0.2, 0.25) is 0 Å². The predicted octanol–water partition coefficient (Wildman–Crippen LogP) is 4.38. The third-order valence-electron chi connectivity index (χ3n) is 3.16. The van der Waals surface area contributed by atoms with Crippen molar-refractivity contribution in [2.45, 2.75) is 26.5 Å². The molecule has 0 spiro atoms. The Morgan fingerprint density at radius 1 is 1.14 bits per heavy atom. The van der Waals surface area contributed by atoms with Gasteiger partial charge in [0.15, 0.2) is 0 Å². The van der Waals surface area contributed by atoms with Crippen molar-refractivity contribution in [3.8, 4) is 11.3 Å². The second-order valence-electron chi connectivity index (χ2n) is 5.49. The van der Waals surface area contributed by atoms with E-state index in [1.165, 1.54) is 0 Å². The molecule has 2 rings (SSSR count). The molecule has 1 aromatic carbocycles. The molecule has 0 aliphatic heterocycles. The van der Waals surface area contributed by atoms with Gasteiger partial charge >= 0.3 is 0 Å². The van der Waals surface area contributed by atoms with E-state index in [1.807, 2.05) is 37.0 Å². The first-order valence-corrected chi connectivity index (χ1v) is 8.45. The Morgan fingerprint density at radius 3 is 2.48 bits per heavy atom. The van der Waals surface area contributed by atoms with Crippen molar-refractivity contribution >= 4 is 17.6 Å². The van der Waals surface area contributed by atoms with E-state index < -0.39 is 0 Å².